The number of carbonyl (C=O) groups excluding carboxylic acids is 1. The zero-order chi connectivity index (χ0) is 9.97. The molecule has 1 aliphatic rings. The molecule has 2 rings (SSSR count). The molecule has 1 atom stereocenters. The minimum Gasteiger partial charge on any atom is -0.506 e. The average Bonchev–Trinajstić information content (AvgIpc) is 2.66. The fourth-order valence-electron chi connectivity index (χ4n) is 1.93. The second-order valence-corrected chi connectivity index (χ2v) is 3.44. The van der Waals surface area contributed by atoms with Gasteiger partial charge in [-0.1, -0.05) is 0 Å². The lowest BCUT2D eigenvalue weighted by Crippen LogP contribution is -2.21. The Morgan fingerprint density at radius 2 is 2.50 bits per heavy atom. The average molecular weight is 192 g/mol. The van der Waals surface area contributed by atoms with Crippen LogP contribution in [0.25, 0.3) is 0 Å². The van der Waals surface area contributed by atoms with E-state index in [0.29, 0.717) is 0 Å². The zero-order valence-corrected chi connectivity index (χ0v) is 7.76. The minimum absolute atomic E-state index is 0.0236. The van der Waals surface area contributed by atoms with Gasteiger partial charge in [0.2, 0.25) is 6.41 Å². The predicted molar refractivity (Wildman–Crippen MR) is 50.6 cm³/mol. The number of hydrogen-bond acceptors (Lipinski definition) is 3. The molecule has 0 saturated carbocycles. The van der Waals surface area contributed by atoms with Crippen molar-refractivity contribution in [1.82, 2.24) is 9.88 Å². The number of nitrogens with zero attached hydrogens (tertiary/aromatic N) is 2. The highest BCUT2D eigenvalue weighted by Gasteiger charge is 2.26. The molecular weight excluding hydrogens is 180 g/mol. The molecule has 0 spiro atoms. The molecule has 1 unspecified atom stereocenters. The third-order valence-corrected chi connectivity index (χ3v) is 2.62. The van der Waals surface area contributed by atoms with Crippen molar-refractivity contribution in [1.29, 1.82) is 0 Å². The molecule has 4 heteroatoms. The molecule has 1 aromatic heterocycles. The number of aromatic hydroxyl groups is 1. The summed E-state index contributed by atoms with van der Waals surface area (Å²) >= 11 is 0. The number of pyridine rings is 1. The van der Waals surface area contributed by atoms with Gasteiger partial charge in [-0.2, -0.15) is 0 Å². The van der Waals surface area contributed by atoms with E-state index in [9.17, 15) is 9.90 Å². The summed E-state index contributed by atoms with van der Waals surface area (Å²) in [7, 11) is 0. The zero-order valence-electron chi connectivity index (χ0n) is 7.76. The Morgan fingerprint density at radius 1 is 1.64 bits per heavy atom. The van der Waals surface area contributed by atoms with Crippen molar-refractivity contribution < 1.29 is 9.90 Å². The second-order valence-electron chi connectivity index (χ2n) is 3.44. The molecule has 0 aliphatic carbocycles. The summed E-state index contributed by atoms with van der Waals surface area (Å²) in [6.45, 7) is 0.774. The lowest BCUT2D eigenvalue weighted by Gasteiger charge is -2.20. The molecular formula is C10H12N2O2. The van der Waals surface area contributed by atoms with Gasteiger partial charge in [-0.15, -0.1) is 0 Å². The van der Waals surface area contributed by atoms with Crippen molar-refractivity contribution in [2.75, 3.05) is 6.54 Å². The third kappa shape index (κ3) is 1.43. The predicted octanol–water partition coefficient (Wildman–Crippen LogP) is 1.08. The van der Waals surface area contributed by atoms with Crippen LogP contribution in [-0.2, 0) is 4.79 Å². The summed E-state index contributed by atoms with van der Waals surface area (Å²) in [5, 5.41) is 9.58. The van der Waals surface area contributed by atoms with Crippen LogP contribution in [0.4, 0.5) is 0 Å². The van der Waals surface area contributed by atoms with Gasteiger partial charge in [0.1, 0.15) is 5.75 Å². The van der Waals surface area contributed by atoms with Crippen LogP contribution in [0, 0.1) is 0 Å². The van der Waals surface area contributed by atoms with E-state index in [1.807, 2.05) is 0 Å². The maximum absolute atomic E-state index is 10.7. The van der Waals surface area contributed by atoms with E-state index < -0.39 is 0 Å². The van der Waals surface area contributed by atoms with Crippen LogP contribution in [0.2, 0.25) is 0 Å². The van der Waals surface area contributed by atoms with E-state index in [-0.39, 0.29) is 11.8 Å². The lowest BCUT2D eigenvalue weighted by atomic mass is 10.1. The van der Waals surface area contributed by atoms with Crippen LogP contribution >= 0.6 is 0 Å². The van der Waals surface area contributed by atoms with Gasteiger partial charge in [0, 0.05) is 18.3 Å². The monoisotopic (exact) mass is 192 g/mol. The van der Waals surface area contributed by atoms with Gasteiger partial charge < -0.3 is 10.0 Å². The van der Waals surface area contributed by atoms with Crippen molar-refractivity contribution in [3.8, 4) is 5.75 Å². The van der Waals surface area contributed by atoms with Gasteiger partial charge in [-0.05, 0) is 18.9 Å². The molecule has 1 saturated heterocycles. The highest BCUT2D eigenvalue weighted by atomic mass is 16.3. The number of rotatable bonds is 2. The first-order chi connectivity index (χ1) is 6.83. The normalized spacial score (nSPS) is 21.1. The Kier molecular flexibility index (Phi) is 2.35. The van der Waals surface area contributed by atoms with Crippen molar-refractivity contribution >= 4 is 6.41 Å². The summed E-state index contributed by atoms with van der Waals surface area (Å²) in [4.78, 5) is 16.3. The number of carbonyl (C=O) groups is 1. The van der Waals surface area contributed by atoms with E-state index >= 15 is 0 Å². The largest absolute Gasteiger partial charge is 0.506 e. The van der Waals surface area contributed by atoms with Gasteiger partial charge in [0.25, 0.3) is 0 Å². The Morgan fingerprint density at radius 3 is 3.21 bits per heavy atom. The highest BCUT2D eigenvalue weighted by molar-refractivity contribution is 5.50. The first-order valence-electron chi connectivity index (χ1n) is 4.67. The maximum Gasteiger partial charge on any atom is 0.210 e. The number of aromatic nitrogens is 1. The first-order valence-corrected chi connectivity index (χ1v) is 4.67. The Labute approximate surface area is 82.2 Å². The van der Waals surface area contributed by atoms with Gasteiger partial charge in [0.15, 0.2) is 0 Å². The number of hydrogen-bond donors (Lipinski definition) is 1. The van der Waals surface area contributed by atoms with Crippen LogP contribution in [-0.4, -0.2) is 27.9 Å². The third-order valence-electron chi connectivity index (χ3n) is 2.62. The van der Waals surface area contributed by atoms with E-state index in [1.165, 1.54) is 6.20 Å². The SMILES string of the molecule is O=CN1CCCC1c1ccncc1O. The first kappa shape index (κ1) is 8.99. The summed E-state index contributed by atoms with van der Waals surface area (Å²) in [5.41, 5.74) is 0.796. The molecule has 1 amide bonds. The summed E-state index contributed by atoms with van der Waals surface area (Å²) < 4.78 is 0. The van der Waals surface area contributed by atoms with Crippen LogP contribution in [0.15, 0.2) is 18.5 Å². The molecule has 1 N–H and O–H groups in total. The van der Waals surface area contributed by atoms with E-state index in [2.05, 4.69) is 4.98 Å². The van der Waals surface area contributed by atoms with Gasteiger partial charge in [0.05, 0.1) is 12.2 Å². The quantitative estimate of drug-likeness (QED) is 0.713. The fourth-order valence-corrected chi connectivity index (χ4v) is 1.93. The molecule has 2 heterocycles. The molecule has 1 aliphatic heterocycles. The Hall–Kier alpha value is -1.58. The minimum atomic E-state index is 0.0236. The van der Waals surface area contributed by atoms with E-state index in [1.54, 1.807) is 17.2 Å². The topological polar surface area (TPSA) is 53.4 Å². The second kappa shape index (κ2) is 3.65. The Bertz CT molecular complexity index is 341. The smallest absolute Gasteiger partial charge is 0.210 e. The van der Waals surface area contributed by atoms with Crippen LogP contribution in [0.1, 0.15) is 24.4 Å². The molecule has 0 aromatic carbocycles. The summed E-state index contributed by atoms with van der Waals surface area (Å²) in [6.07, 6.45) is 5.80. The standard InChI is InChI=1S/C10H12N2O2/c13-7-12-5-1-2-9(12)8-3-4-11-6-10(8)14/h3-4,6-7,9,14H,1-2,5H2. The molecule has 0 bridgehead atoms. The summed E-state index contributed by atoms with van der Waals surface area (Å²) in [6, 6.07) is 1.79. The molecule has 1 aromatic rings. The fraction of sp³-hybridized carbons (Fsp3) is 0.400. The van der Waals surface area contributed by atoms with E-state index in [0.717, 1.165) is 31.4 Å². The van der Waals surface area contributed by atoms with Gasteiger partial charge in [-0.25, -0.2) is 0 Å². The van der Waals surface area contributed by atoms with Crippen LogP contribution in [0.5, 0.6) is 5.75 Å². The van der Waals surface area contributed by atoms with Crippen molar-refractivity contribution in [3.63, 3.8) is 0 Å². The lowest BCUT2D eigenvalue weighted by molar-refractivity contribution is -0.118. The highest BCUT2D eigenvalue weighted by Crippen LogP contribution is 2.34. The van der Waals surface area contributed by atoms with Gasteiger partial charge >= 0.3 is 0 Å². The van der Waals surface area contributed by atoms with Crippen molar-refractivity contribution in [2.24, 2.45) is 0 Å². The van der Waals surface area contributed by atoms with Crippen LogP contribution < -0.4 is 0 Å². The molecule has 74 valence electrons. The summed E-state index contributed by atoms with van der Waals surface area (Å²) in [5.74, 6) is 0.172. The molecule has 1 fully saturated rings. The van der Waals surface area contributed by atoms with Gasteiger partial charge in [-0.3, -0.25) is 9.78 Å². The Balaban J connectivity index is 2.30. The van der Waals surface area contributed by atoms with E-state index in [4.69, 9.17) is 0 Å². The molecule has 0 radical (unpaired) electrons. The number of likely N-dealkylation sites (tertiary alicyclic amines) is 1. The molecule has 4 nitrogen and oxygen atoms in total. The van der Waals surface area contributed by atoms with Crippen molar-refractivity contribution in [2.45, 2.75) is 18.9 Å². The maximum atomic E-state index is 10.7. The van der Waals surface area contributed by atoms with Crippen LogP contribution in [0.3, 0.4) is 0 Å². The molecule has 14 heavy (non-hydrogen) atoms. The number of amides is 1. The van der Waals surface area contributed by atoms with Crippen molar-refractivity contribution in [3.05, 3.63) is 24.0 Å².